The zero-order valence-electron chi connectivity index (χ0n) is 11.1. The van der Waals surface area contributed by atoms with E-state index < -0.39 is 5.82 Å². The molecule has 3 heteroatoms. The fraction of sp³-hybridized carbons (Fsp3) is 0.250. The van der Waals surface area contributed by atoms with Crippen molar-refractivity contribution in [2.24, 2.45) is 5.73 Å². The Morgan fingerprint density at radius 3 is 2.37 bits per heavy atom. The fourth-order valence-corrected chi connectivity index (χ4v) is 2.37. The Hall–Kier alpha value is -1.38. The van der Waals surface area contributed by atoms with E-state index in [-0.39, 0.29) is 11.1 Å². The van der Waals surface area contributed by atoms with Crippen molar-refractivity contribution in [2.45, 2.75) is 26.3 Å². The summed E-state index contributed by atoms with van der Waals surface area (Å²) in [6.45, 7) is 4.13. The average molecular weight is 278 g/mol. The number of rotatable bonds is 3. The summed E-state index contributed by atoms with van der Waals surface area (Å²) < 4.78 is 13.4. The van der Waals surface area contributed by atoms with Crippen LogP contribution in [0.1, 0.15) is 28.3 Å². The highest BCUT2D eigenvalue weighted by Crippen LogP contribution is 2.24. The molecule has 0 aliphatic rings. The van der Waals surface area contributed by atoms with Crippen molar-refractivity contribution < 1.29 is 4.39 Å². The lowest BCUT2D eigenvalue weighted by atomic mass is 9.93. The van der Waals surface area contributed by atoms with Crippen molar-refractivity contribution in [2.75, 3.05) is 0 Å². The second kappa shape index (κ2) is 5.72. The third kappa shape index (κ3) is 3.14. The smallest absolute Gasteiger partial charge is 0.142 e. The van der Waals surface area contributed by atoms with Gasteiger partial charge in [-0.2, -0.15) is 0 Å². The van der Waals surface area contributed by atoms with Gasteiger partial charge in [-0.05, 0) is 54.7 Å². The van der Waals surface area contributed by atoms with Gasteiger partial charge in [0.1, 0.15) is 5.82 Å². The van der Waals surface area contributed by atoms with Crippen LogP contribution >= 0.6 is 11.6 Å². The predicted octanol–water partition coefficient (Wildman–Crippen LogP) is 4.34. The maximum Gasteiger partial charge on any atom is 0.142 e. The van der Waals surface area contributed by atoms with Gasteiger partial charge in [-0.1, -0.05) is 35.9 Å². The molecule has 1 atom stereocenters. The molecule has 0 aromatic heterocycles. The minimum absolute atomic E-state index is 0.128. The molecule has 2 aromatic carbocycles. The highest BCUT2D eigenvalue weighted by molar-refractivity contribution is 6.30. The van der Waals surface area contributed by atoms with Crippen molar-refractivity contribution >= 4 is 11.6 Å². The maximum atomic E-state index is 13.4. The molecule has 0 bridgehead atoms. The summed E-state index contributed by atoms with van der Waals surface area (Å²) in [5.74, 6) is -0.420. The molecule has 0 saturated heterocycles. The van der Waals surface area contributed by atoms with Gasteiger partial charge in [0.25, 0.3) is 0 Å². The first-order chi connectivity index (χ1) is 8.99. The normalized spacial score (nSPS) is 12.5. The van der Waals surface area contributed by atoms with Crippen LogP contribution in [0.25, 0.3) is 0 Å². The van der Waals surface area contributed by atoms with Crippen LogP contribution in [0.4, 0.5) is 4.39 Å². The van der Waals surface area contributed by atoms with E-state index in [4.69, 9.17) is 17.3 Å². The molecule has 19 heavy (non-hydrogen) atoms. The van der Waals surface area contributed by atoms with E-state index in [0.717, 1.165) is 5.56 Å². The van der Waals surface area contributed by atoms with Crippen molar-refractivity contribution in [3.63, 3.8) is 0 Å². The monoisotopic (exact) mass is 277 g/mol. The fourth-order valence-electron chi connectivity index (χ4n) is 2.25. The lowest BCUT2D eigenvalue weighted by Gasteiger charge is -2.16. The summed E-state index contributed by atoms with van der Waals surface area (Å²) in [7, 11) is 0. The molecule has 0 fully saturated rings. The molecule has 0 heterocycles. The standard InChI is InChI=1S/C16H17ClFN/c1-10-4-3-5-11(2)13(10)9-16(19)12-6-7-14(17)15(18)8-12/h3-8,16H,9,19H2,1-2H3. The van der Waals surface area contributed by atoms with Gasteiger partial charge in [-0.15, -0.1) is 0 Å². The van der Waals surface area contributed by atoms with Crippen LogP contribution in [0.3, 0.4) is 0 Å². The van der Waals surface area contributed by atoms with E-state index in [2.05, 4.69) is 26.0 Å². The van der Waals surface area contributed by atoms with Crippen LogP contribution in [-0.4, -0.2) is 0 Å². The molecule has 2 N–H and O–H groups in total. The molecule has 0 amide bonds. The lowest BCUT2D eigenvalue weighted by molar-refractivity contribution is 0.618. The summed E-state index contributed by atoms with van der Waals surface area (Å²) >= 11 is 5.68. The number of halogens is 2. The van der Waals surface area contributed by atoms with Crippen molar-refractivity contribution in [1.29, 1.82) is 0 Å². The molecule has 2 rings (SSSR count). The van der Waals surface area contributed by atoms with Crippen molar-refractivity contribution in [3.8, 4) is 0 Å². The highest BCUT2D eigenvalue weighted by Gasteiger charge is 2.12. The van der Waals surface area contributed by atoms with Crippen LogP contribution in [0.15, 0.2) is 36.4 Å². The molecule has 0 aliphatic carbocycles. The predicted molar refractivity (Wildman–Crippen MR) is 78.0 cm³/mol. The van der Waals surface area contributed by atoms with Crippen molar-refractivity contribution in [1.82, 2.24) is 0 Å². The van der Waals surface area contributed by atoms with E-state index in [1.165, 1.54) is 22.8 Å². The van der Waals surface area contributed by atoms with Crippen LogP contribution in [0.5, 0.6) is 0 Å². The van der Waals surface area contributed by atoms with E-state index in [0.29, 0.717) is 6.42 Å². The Labute approximate surface area is 118 Å². The molecule has 0 saturated carbocycles. The van der Waals surface area contributed by atoms with Gasteiger partial charge in [0.2, 0.25) is 0 Å². The molecule has 2 aromatic rings. The number of nitrogens with two attached hydrogens (primary N) is 1. The second-order valence-electron chi connectivity index (χ2n) is 4.85. The SMILES string of the molecule is Cc1cccc(C)c1CC(N)c1ccc(Cl)c(F)c1. The van der Waals surface area contributed by atoms with Crippen LogP contribution < -0.4 is 5.73 Å². The largest absolute Gasteiger partial charge is 0.324 e. The summed E-state index contributed by atoms with van der Waals surface area (Å²) in [5, 5.41) is 0.128. The van der Waals surface area contributed by atoms with Crippen LogP contribution in [0.2, 0.25) is 5.02 Å². The Kier molecular flexibility index (Phi) is 4.23. The number of benzene rings is 2. The van der Waals surface area contributed by atoms with Gasteiger partial charge < -0.3 is 5.73 Å². The van der Waals surface area contributed by atoms with Gasteiger partial charge in [-0.25, -0.2) is 4.39 Å². The Balaban J connectivity index is 2.25. The van der Waals surface area contributed by atoms with Gasteiger partial charge in [0.05, 0.1) is 5.02 Å². The quantitative estimate of drug-likeness (QED) is 0.887. The molecule has 100 valence electrons. The minimum Gasteiger partial charge on any atom is -0.324 e. The number of aryl methyl sites for hydroxylation is 2. The first-order valence-electron chi connectivity index (χ1n) is 6.24. The zero-order valence-corrected chi connectivity index (χ0v) is 11.8. The van der Waals surface area contributed by atoms with E-state index in [1.807, 2.05) is 6.07 Å². The number of hydrogen-bond donors (Lipinski definition) is 1. The average Bonchev–Trinajstić information content (AvgIpc) is 2.37. The van der Waals surface area contributed by atoms with Crippen LogP contribution in [0, 0.1) is 19.7 Å². The maximum absolute atomic E-state index is 13.4. The topological polar surface area (TPSA) is 26.0 Å². The molecule has 0 spiro atoms. The third-order valence-electron chi connectivity index (χ3n) is 3.44. The second-order valence-corrected chi connectivity index (χ2v) is 5.26. The Morgan fingerprint density at radius 1 is 1.16 bits per heavy atom. The molecule has 0 radical (unpaired) electrons. The lowest BCUT2D eigenvalue weighted by Crippen LogP contribution is -2.15. The van der Waals surface area contributed by atoms with E-state index >= 15 is 0 Å². The Bertz CT molecular complexity index is 575. The summed E-state index contributed by atoms with van der Waals surface area (Å²) in [6.07, 6.45) is 0.694. The van der Waals surface area contributed by atoms with Gasteiger partial charge in [0.15, 0.2) is 0 Å². The zero-order chi connectivity index (χ0) is 14.0. The molecular formula is C16H17ClFN. The first-order valence-corrected chi connectivity index (χ1v) is 6.62. The molecule has 1 unspecified atom stereocenters. The summed E-state index contributed by atoms with van der Waals surface area (Å²) in [4.78, 5) is 0. The number of hydrogen-bond acceptors (Lipinski definition) is 1. The van der Waals surface area contributed by atoms with Gasteiger partial charge >= 0.3 is 0 Å². The highest BCUT2D eigenvalue weighted by atomic mass is 35.5. The van der Waals surface area contributed by atoms with Gasteiger partial charge in [-0.3, -0.25) is 0 Å². The summed E-state index contributed by atoms with van der Waals surface area (Å²) in [6, 6.07) is 10.7. The molecule has 1 nitrogen and oxygen atoms in total. The molecular weight excluding hydrogens is 261 g/mol. The third-order valence-corrected chi connectivity index (χ3v) is 3.75. The minimum atomic E-state index is -0.420. The van der Waals surface area contributed by atoms with Crippen molar-refractivity contribution in [3.05, 3.63) is 69.5 Å². The van der Waals surface area contributed by atoms with E-state index in [9.17, 15) is 4.39 Å². The molecule has 0 aliphatic heterocycles. The first kappa shape index (κ1) is 14.0. The Morgan fingerprint density at radius 2 is 1.79 bits per heavy atom. The van der Waals surface area contributed by atoms with Gasteiger partial charge in [0, 0.05) is 6.04 Å². The van der Waals surface area contributed by atoms with E-state index in [1.54, 1.807) is 12.1 Å². The van der Waals surface area contributed by atoms with Crippen LogP contribution in [-0.2, 0) is 6.42 Å². The summed E-state index contributed by atoms with van der Waals surface area (Å²) in [5.41, 5.74) is 10.6.